The lowest BCUT2D eigenvalue weighted by atomic mass is 10.8. The molecule has 0 N–H and O–H groups in total. The molecule has 4 nitrogen and oxygen atoms in total. The molecule has 0 spiro atoms. The molecule has 0 aliphatic carbocycles. The fourth-order valence-electron chi connectivity index (χ4n) is 1.05. The predicted molar refractivity (Wildman–Crippen MR) is 66.9 cm³/mol. The van der Waals surface area contributed by atoms with Gasteiger partial charge in [-0.25, -0.2) is 0 Å². The van der Waals surface area contributed by atoms with Crippen molar-refractivity contribution < 1.29 is 18.3 Å². The normalized spacial score (nSPS) is 11.8. The molecule has 0 fully saturated rings. The van der Waals surface area contributed by atoms with Gasteiger partial charge in [0.2, 0.25) is 0 Å². The van der Waals surface area contributed by atoms with Crippen LogP contribution in [0, 0.1) is 0 Å². The van der Waals surface area contributed by atoms with E-state index < -0.39 is 9.28 Å². The van der Waals surface area contributed by atoms with Crippen LogP contribution in [0.4, 0.5) is 0 Å². The lowest BCUT2D eigenvalue weighted by molar-refractivity contribution is 0.0780. The Morgan fingerprint density at radius 1 is 0.875 bits per heavy atom. The maximum Gasteiger partial charge on any atom is 0.348 e. The van der Waals surface area contributed by atoms with Crippen LogP contribution in [0.15, 0.2) is 11.8 Å². The van der Waals surface area contributed by atoms with E-state index in [9.17, 15) is 0 Å². The molecule has 0 radical (unpaired) electrons. The summed E-state index contributed by atoms with van der Waals surface area (Å²) in [6.07, 6.45) is 1.97. The molecule has 0 amide bonds. The largest absolute Gasteiger partial charge is 0.391 e. The van der Waals surface area contributed by atoms with E-state index in [1.807, 2.05) is 32.5 Å². The number of ether oxygens (including phenoxy) is 2. The molecule has 16 heavy (non-hydrogen) atoms. The van der Waals surface area contributed by atoms with Crippen LogP contribution in [0.3, 0.4) is 0 Å². The quantitative estimate of drug-likeness (QED) is 0.409. The van der Waals surface area contributed by atoms with Gasteiger partial charge in [-0.3, -0.25) is 0 Å². The first-order chi connectivity index (χ1) is 7.85. The summed E-state index contributed by atoms with van der Waals surface area (Å²) < 4.78 is 21.6. The highest BCUT2D eigenvalue weighted by Crippen LogP contribution is 1.93. The second kappa shape index (κ2) is 12.9. The van der Waals surface area contributed by atoms with Crippen LogP contribution in [0.5, 0.6) is 0 Å². The molecule has 0 aromatic heterocycles. The highest BCUT2D eigenvalue weighted by molar-refractivity contribution is 6.50. The van der Waals surface area contributed by atoms with Crippen LogP contribution in [0.1, 0.15) is 20.8 Å². The van der Waals surface area contributed by atoms with E-state index in [4.69, 9.17) is 18.3 Å². The van der Waals surface area contributed by atoms with Gasteiger partial charge in [-0.1, -0.05) is 6.08 Å². The highest BCUT2D eigenvalue weighted by Gasteiger charge is 2.08. The third kappa shape index (κ3) is 10.3. The van der Waals surface area contributed by atoms with Crippen LogP contribution >= 0.6 is 0 Å². The zero-order valence-electron chi connectivity index (χ0n) is 10.6. The number of rotatable bonds is 11. The molecule has 0 aliphatic heterocycles. The van der Waals surface area contributed by atoms with Gasteiger partial charge in [-0.2, -0.15) is 0 Å². The summed E-state index contributed by atoms with van der Waals surface area (Å²) in [5.41, 5.74) is 2.01. The monoisotopic (exact) mass is 248 g/mol. The summed E-state index contributed by atoms with van der Waals surface area (Å²) in [4.78, 5) is 0. The smallest absolute Gasteiger partial charge is 0.348 e. The fraction of sp³-hybridized carbons (Fsp3) is 0.818. The predicted octanol–water partition coefficient (Wildman–Crippen LogP) is 1.43. The Labute approximate surface area is 100 Å². The van der Waals surface area contributed by atoms with Crippen LogP contribution in [0.2, 0.25) is 0 Å². The minimum absolute atomic E-state index is 0.601. The van der Waals surface area contributed by atoms with Gasteiger partial charge in [-0.15, -0.1) is 0 Å². The molecule has 0 atom stereocenters. The Morgan fingerprint density at radius 3 is 1.75 bits per heavy atom. The van der Waals surface area contributed by atoms with Gasteiger partial charge >= 0.3 is 9.28 Å². The minimum Gasteiger partial charge on any atom is -0.391 e. The minimum atomic E-state index is -1.66. The first kappa shape index (κ1) is 15.8. The van der Waals surface area contributed by atoms with Crippen molar-refractivity contribution in [2.75, 3.05) is 39.6 Å². The molecule has 96 valence electrons. The molecule has 5 heteroatoms. The summed E-state index contributed by atoms with van der Waals surface area (Å²) in [6, 6.07) is 0. The highest BCUT2D eigenvalue weighted by atomic mass is 28.3. The lowest BCUT2D eigenvalue weighted by Gasteiger charge is -2.13. The summed E-state index contributed by atoms with van der Waals surface area (Å²) in [5, 5.41) is 0. The summed E-state index contributed by atoms with van der Waals surface area (Å²) in [6.45, 7) is 9.83. The first-order valence-electron chi connectivity index (χ1n) is 5.86. The molecular weight excluding hydrogens is 224 g/mol. The summed E-state index contributed by atoms with van der Waals surface area (Å²) in [7, 11) is -1.66. The SMILES string of the molecule is CC=C[SiH](OCCOCC)OCCOCC. The Balaban J connectivity index is 3.54. The van der Waals surface area contributed by atoms with Gasteiger partial charge in [0.1, 0.15) is 0 Å². The van der Waals surface area contributed by atoms with E-state index in [-0.39, 0.29) is 0 Å². The average molecular weight is 248 g/mol. The fourth-order valence-corrected chi connectivity index (χ4v) is 2.34. The maximum absolute atomic E-state index is 5.61. The maximum atomic E-state index is 5.61. The van der Waals surface area contributed by atoms with Crippen molar-refractivity contribution in [1.82, 2.24) is 0 Å². The van der Waals surface area contributed by atoms with Gasteiger partial charge in [0.25, 0.3) is 0 Å². The van der Waals surface area contributed by atoms with Crippen molar-refractivity contribution >= 4 is 9.28 Å². The van der Waals surface area contributed by atoms with Crippen molar-refractivity contribution in [3.05, 3.63) is 11.8 Å². The Hall–Kier alpha value is -0.203. The van der Waals surface area contributed by atoms with Crippen LogP contribution in [0.25, 0.3) is 0 Å². The zero-order valence-corrected chi connectivity index (χ0v) is 11.8. The Bertz CT molecular complexity index is 152. The Morgan fingerprint density at radius 2 is 1.38 bits per heavy atom. The lowest BCUT2D eigenvalue weighted by Crippen LogP contribution is -2.25. The van der Waals surface area contributed by atoms with E-state index in [1.54, 1.807) is 0 Å². The molecular formula is C11H24O4Si. The van der Waals surface area contributed by atoms with Gasteiger partial charge in [0.15, 0.2) is 0 Å². The molecule has 0 bridgehead atoms. The van der Waals surface area contributed by atoms with E-state index in [1.165, 1.54) is 0 Å². The topological polar surface area (TPSA) is 36.9 Å². The molecule has 0 saturated carbocycles. The molecule has 0 aromatic carbocycles. The molecule has 0 saturated heterocycles. The number of hydrogen-bond acceptors (Lipinski definition) is 4. The molecule has 0 aromatic rings. The Kier molecular flexibility index (Phi) is 12.7. The van der Waals surface area contributed by atoms with E-state index >= 15 is 0 Å². The van der Waals surface area contributed by atoms with Gasteiger partial charge < -0.3 is 18.3 Å². The molecule has 0 aliphatic rings. The number of hydrogen-bond donors (Lipinski definition) is 0. The number of allylic oxidation sites excluding steroid dienone is 1. The van der Waals surface area contributed by atoms with Crippen LogP contribution in [-0.4, -0.2) is 48.9 Å². The third-order valence-corrected chi connectivity index (χ3v) is 3.61. The van der Waals surface area contributed by atoms with E-state index in [2.05, 4.69) is 0 Å². The summed E-state index contributed by atoms with van der Waals surface area (Å²) >= 11 is 0. The van der Waals surface area contributed by atoms with Gasteiger partial charge in [-0.05, 0) is 26.5 Å². The van der Waals surface area contributed by atoms with Crippen LogP contribution < -0.4 is 0 Å². The second-order valence-corrected chi connectivity index (χ2v) is 4.82. The zero-order chi connectivity index (χ0) is 12.1. The van der Waals surface area contributed by atoms with Crippen molar-refractivity contribution in [2.24, 2.45) is 0 Å². The van der Waals surface area contributed by atoms with Gasteiger partial charge in [0.05, 0.1) is 26.4 Å². The third-order valence-electron chi connectivity index (χ3n) is 1.78. The molecule has 0 rings (SSSR count). The van der Waals surface area contributed by atoms with Crippen molar-refractivity contribution in [1.29, 1.82) is 0 Å². The molecule has 0 heterocycles. The van der Waals surface area contributed by atoms with E-state index in [0.717, 1.165) is 13.2 Å². The second-order valence-electron chi connectivity index (χ2n) is 3.03. The summed E-state index contributed by atoms with van der Waals surface area (Å²) in [5.74, 6) is 0. The van der Waals surface area contributed by atoms with Crippen molar-refractivity contribution in [2.45, 2.75) is 20.8 Å². The van der Waals surface area contributed by atoms with Crippen molar-refractivity contribution in [3.63, 3.8) is 0 Å². The van der Waals surface area contributed by atoms with E-state index in [0.29, 0.717) is 26.4 Å². The standard InChI is InChI=1S/C11H24O4Si/c1-4-11-16(14-9-7-12-5-2)15-10-8-13-6-3/h4,11,16H,5-10H2,1-3H3. The van der Waals surface area contributed by atoms with Crippen LogP contribution in [-0.2, 0) is 18.3 Å². The van der Waals surface area contributed by atoms with Crippen molar-refractivity contribution in [3.8, 4) is 0 Å². The average Bonchev–Trinajstić information content (AvgIpc) is 2.30. The van der Waals surface area contributed by atoms with Gasteiger partial charge in [0, 0.05) is 13.2 Å². The first-order valence-corrected chi connectivity index (χ1v) is 7.47. The molecule has 0 unspecified atom stereocenters.